The molecule has 0 aliphatic carbocycles. The molecule has 0 spiro atoms. The summed E-state index contributed by atoms with van der Waals surface area (Å²) in [4.78, 5) is 12.7. The second kappa shape index (κ2) is 12.2. The van der Waals surface area contributed by atoms with Gasteiger partial charge in [-0.3, -0.25) is 4.79 Å². The molecule has 1 N–H and O–H groups in total. The van der Waals surface area contributed by atoms with Gasteiger partial charge in [-0.15, -0.1) is 0 Å². The summed E-state index contributed by atoms with van der Waals surface area (Å²) in [6.07, 6.45) is 1.39. The van der Waals surface area contributed by atoms with Crippen LogP contribution in [0.5, 0.6) is 11.5 Å². The molecule has 0 unspecified atom stereocenters. The molecule has 0 aromatic heterocycles. The second-order valence-electron chi connectivity index (χ2n) is 7.23. The molecule has 8 nitrogen and oxygen atoms in total. The smallest absolute Gasteiger partial charge is 0.255 e. The number of amides is 1. The predicted octanol–water partition coefficient (Wildman–Crippen LogP) is 4.46. The van der Waals surface area contributed by atoms with Crippen LogP contribution >= 0.6 is 27.5 Å². The highest BCUT2D eigenvalue weighted by atomic mass is 79.9. The van der Waals surface area contributed by atoms with Gasteiger partial charge in [-0.25, -0.2) is 13.8 Å². The van der Waals surface area contributed by atoms with Crippen LogP contribution in [-0.4, -0.2) is 45.6 Å². The minimum absolute atomic E-state index is 0.0148. The number of benzene rings is 3. The van der Waals surface area contributed by atoms with Crippen LogP contribution in [0, 0.1) is 0 Å². The first-order valence-corrected chi connectivity index (χ1v) is 12.9. The number of hydrazone groups is 1. The van der Waals surface area contributed by atoms with Crippen LogP contribution < -0.4 is 14.9 Å². The third-order valence-corrected chi connectivity index (χ3v) is 7.46. The Morgan fingerprint density at radius 2 is 1.74 bits per heavy atom. The van der Waals surface area contributed by atoms with Gasteiger partial charge in [0.1, 0.15) is 0 Å². The highest BCUT2D eigenvalue weighted by Gasteiger charge is 2.27. The molecule has 3 aromatic carbocycles. The fourth-order valence-electron chi connectivity index (χ4n) is 3.16. The first-order chi connectivity index (χ1) is 16.7. The fraction of sp³-hybridized carbons (Fsp3) is 0.167. The van der Waals surface area contributed by atoms with Gasteiger partial charge in [0.05, 0.1) is 31.9 Å². The van der Waals surface area contributed by atoms with E-state index >= 15 is 0 Å². The molecule has 184 valence electrons. The summed E-state index contributed by atoms with van der Waals surface area (Å²) < 4.78 is 39.2. The molecule has 11 heteroatoms. The van der Waals surface area contributed by atoms with Crippen molar-refractivity contribution in [2.24, 2.45) is 5.10 Å². The first-order valence-electron chi connectivity index (χ1n) is 10.3. The highest BCUT2D eigenvalue weighted by molar-refractivity contribution is 9.10. The Hall–Kier alpha value is -2.92. The van der Waals surface area contributed by atoms with Crippen molar-refractivity contribution in [1.29, 1.82) is 0 Å². The largest absolute Gasteiger partial charge is 0.493 e. The van der Waals surface area contributed by atoms with Crippen molar-refractivity contribution < 1.29 is 22.7 Å². The van der Waals surface area contributed by atoms with Gasteiger partial charge in [0.15, 0.2) is 11.5 Å². The van der Waals surface area contributed by atoms with Crippen LogP contribution in [0.1, 0.15) is 11.1 Å². The fourth-order valence-corrected chi connectivity index (χ4v) is 4.93. The zero-order chi connectivity index (χ0) is 25.4. The zero-order valence-electron chi connectivity index (χ0n) is 18.9. The quantitative estimate of drug-likeness (QED) is 0.282. The molecule has 0 fully saturated rings. The molecule has 0 aliphatic rings. The lowest BCUT2D eigenvalue weighted by Gasteiger charge is -2.21. The van der Waals surface area contributed by atoms with Gasteiger partial charge in [0, 0.05) is 21.6 Å². The second-order valence-corrected chi connectivity index (χ2v) is 10.5. The number of para-hydroxylation sites is 1. The summed E-state index contributed by atoms with van der Waals surface area (Å²) in [5.74, 6) is 0.352. The maximum atomic E-state index is 13.3. The Morgan fingerprint density at radius 1 is 1.06 bits per heavy atom. The van der Waals surface area contributed by atoms with Crippen LogP contribution in [0.3, 0.4) is 0 Å². The van der Waals surface area contributed by atoms with E-state index < -0.39 is 22.5 Å². The number of hydrogen-bond acceptors (Lipinski definition) is 6. The zero-order valence-corrected chi connectivity index (χ0v) is 22.1. The summed E-state index contributed by atoms with van der Waals surface area (Å²) in [6, 6.07) is 18.1. The topological polar surface area (TPSA) is 97.3 Å². The number of halogens is 2. The van der Waals surface area contributed by atoms with Gasteiger partial charge in [-0.2, -0.15) is 9.41 Å². The van der Waals surface area contributed by atoms with Crippen molar-refractivity contribution in [3.63, 3.8) is 0 Å². The van der Waals surface area contributed by atoms with E-state index in [9.17, 15) is 13.2 Å². The summed E-state index contributed by atoms with van der Waals surface area (Å²) in [6.45, 7) is -0.466. The van der Waals surface area contributed by atoms with Crippen LogP contribution in [0.15, 0.2) is 81.2 Å². The molecule has 0 saturated carbocycles. The minimum atomic E-state index is -4.00. The number of carbonyl (C=O) groups excluding carboxylic acids is 1. The van der Waals surface area contributed by atoms with Gasteiger partial charge >= 0.3 is 0 Å². The number of methoxy groups -OCH3 is 2. The maximum absolute atomic E-state index is 13.3. The lowest BCUT2D eigenvalue weighted by molar-refractivity contribution is -0.121. The number of rotatable bonds is 10. The molecular formula is C24H23BrClN3O5S. The van der Waals surface area contributed by atoms with E-state index in [2.05, 4.69) is 26.5 Å². The Balaban J connectivity index is 1.80. The van der Waals surface area contributed by atoms with Crippen LogP contribution in [0.2, 0.25) is 5.02 Å². The summed E-state index contributed by atoms with van der Waals surface area (Å²) in [5, 5.41) is 4.36. The van der Waals surface area contributed by atoms with Crippen LogP contribution in [-0.2, 0) is 21.4 Å². The highest BCUT2D eigenvalue weighted by Crippen LogP contribution is 2.29. The molecule has 1 amide bonds. The lowest BCUT2D eigenvalue weighted by atomic mass is 10.2. The molecule has 0 heterocycles. The van der Waals surface area contributed by atoms with Crippen LogP contribution in [0.25, 0.3) is 0 Å². The number of nitrogens with zero attached hydrogens (tertiary/aromatic N) is 2. The number of nitrogens with one attached hydrogen (secondary N) is 1. The molecule has 0 atom stereocenters. The summed E-state index contributed by atoms with van der Waals surface area (Å²) in [5.41, 5.74) is 3.67. The van der Waals surface area contributed by atoms with Crippen molar-refractivity contribution in [2.45, 2.75) is 11.4 Å². The van der Waals surface area contributed by atoms with E-state index in [0.29, 0.717) is 27.6 Å². The molecule has 35 heavy (non-hydrogen) atoms. The van der Waals surface area contributed by atoms with E-state index in [1.165, 1.54) is 44.7 Å². The van der Waals surface area contributed by atoms with E-state index in [-0.39, 0.29) is 11.4 Å². The Morgan fingerprint density at radius 3 is 2.37 bits per heavy atom. The minimum Gasteiger partial charge on any atom is -0.493 e. The molecule has 0 saturated heterocycles. The number of sulfonamides is 1. The normalized spacial score (nSPS) is 11.6. The van der Waals surface area contributed by atoms with Crippen molar-refractivity contribution >= 4 is 49.7 Å². The first kappa shape index (κ1) is 26.7. The molecule has 3 rings (SSSR count). The standard InChI is InChI=1S/C24H23BrClN3O5S/c1-33-22-5-3-4-18(24(22)34-2)14-27-28-23(30)16-29(15-17-6-8-19(25)9-7-17)35(31,32)21-12-10-20(26)11-13-21/h3-14H,15-16H2,1-2H3,(H,28,30)/b27-14-. The van der Waals surface area contributed by atoms with E-state index in [1.807, 2.05) is 0 Å². The van der Waals surface area contributed by atoms with Gasteiger partial charge in [0.25, 0.3) is 5.91 Å². The third kappa shape index (κ3) is 7.04. The van der Waals surface area contributed by atoms with Gasteiger partial charge in [-0.1, -0.05) is 45.7 Å². The van der Waals surface area contributed by atoms with Gasteiger partial charge in [-0.05, 0) is 54.1 Å². The maximum Gasteiger partial charge on any atom is 0.255 e. The third-order valence-electron chi connectivity index (χ3n) is 4.87. The molecule has 0 aliphatic heterocycles. The van der Waals surface area contributed by atoms with E-state index in [0.717, 1.165) is 8.78 Å². The van der Waals surface area contributed by atoms with E-state index in [1.54, 1.807) is 42.5 Å². The van der Waals surface area contributed by atoms with Gasteiger partial charge in [0.2, 0.25) is 10.0 Å². The van der Waals surface area contributed by atoms with Crippen molar-refractivity contribution in [3.05, 3.63) is 87.4 Å². The predicted molar refractivity (Wildman–Crippen MR) is 138 cm³/mol. The Bertz CT molecular complexity index is 1300. The molecular weight excluding hydrogens is 558 g/mol. The summed E-state index contributed by atoms with van der Waals surface area (Å²) >= 11 is 9.27. The molecule has 3 aromatic rings. The lowest BCUT2D eigenvalue weighted by Crippen LogP contribution is -2.39. The van der Waals surface area contributed by atoms with Crippen LogP contribution in [0.4, 0.5) is 0 Å². The summed E-state index contributed by atoms with van der Waals surface area (Å²) in [7, 11) is -0.993. The van der Waals surface area contributed by atoms with Crippen molar-refractivity contribution in [3.8, 4) is 11.5 Å². The SMILES string of the molecule is COc1cccc(/C=N\NC(=O)CN(Cc2ccc(Br)cc2)S(=O)(=O)c2ccc(Cl)cc2)c1OC. The van der Waals surface area contributed by atoms with Gasteiger partial charge < -0.3 is 9.47 Å². The Labute approximate surface area is 217 Å². The van der Waals surface area contributed by atoms with E-state index in [4.69, 9.17) is 21.1 Å². The van der Waals surface area contributed by atoms with Crippen molar-refractivity contribution in [1.82, 2.24) is 9.73 Å². The number of ether oxygens (including phenoxy) is 2. The van der Waals surface area contributed by atoms with Crippen molar-refractivity contribution in [2.75, 3.05) is 20.8 Å². The average molecular weight is 581 g/mol. The molecule has 0 bridgehead atoms. The Kier molecular flexibility index (Phi) is 9.27. The monoisotopic (exact) mass is 579 g/mol. The average Bonchev–Trinajstić information content (AvgIpc) is 2.85. The molecule has 0 radical (unpaired) electrons. The number of carbonyl (C=O) groups is 1. The number of hydrogen-bond donors (Lipinski definition) is 1.